The maximum atomic E-state index is 13.7. The maximum Gasteiger partial charge on any atom is 0.195 e. The summed E-state index contributed by atoms with van der Waals surface area (Å²) in [4.78, 5) is 15.3. The van der Waals surface area contributed by atoms with Crippen LogP contribution in [0.5, 0.6) is 0 Å². The van der Waals surface area contributed by atoms with E-state index >= 15 is 0 Å². The highest BCUT2D eigenvalue weighted by molar-refractivity contribution is 5.83. The third kappa shape index (κ3) is 1.48. The van der Waals surface area contributed by atoms with Gasteiger partial charge in [0.05, 0.1) is 24.1 Å². The molecule has 88 valence electrons. The number of H-pyrrole nitrogens is 1. The van der Waals surface area contributed by atoms with Gasteiger partial charge in [0.2, 0.25) is 0 Å². The number of hydrogen-bond donors (Lipinski definition) is 1. The van der Waals surface area contributed by atoms with Gasteiger partial charge in [0.1, 0.15) is 5.82 Å². The molecule has 0 radical (unpaired) electrons. The third-order valence-electron chi connectivity index (χ3n) is 3.25. The molecule has 1 aromatic carbocycles. The maximum absolute atomic E-state index is 13.7. The van der Waals surface area contributed by atoms with Gasteiger partial charge in [0.15, 0.2) is 5.43 Å². The first-order valence-electron chi connectivity index (χ1n) is 5.59. The number of halogens is 1. The van der Waals surface area contributed by atoms with Crippen LogP contribution < -0.4 is 5.43 Å². The molecule has 0 atom stereocenters. The molecule has 4 heteroatoms. The van der Waals surface area contributed by atoms with Crippen molar-refractivity contribution < 1.29 is 9.13 Å². The lowest BCUT2D eigenvalue weighted by Crippen LogP contribution is -2.22. The molecule has 0 unspecified atom stereocenters. The van der Waals surface area contributed by atoms with Crippen LogP contribution in [0.25, 0.3) is 10.9 Å². The average Bonchev–Trinajstić information content (AvgIpc) is 2.34. The van der Waals surface area contributed by atoms with Crippen molar-refractivity contribution in [3.8, 4) is 0 Å². The highest BCUT2D eigenvalue weighted by Gasteiger charge is 2.18. The SMILES string of the molecule is Cc1ccc(F)c2[nH]c3c(c(=O)c12)COCC3. The Labute approximate surface area is 97.2 Å². The Hall–Kier alpha value is -1.68. The average molecular weight is 233 g/mol. The lowest BCUT2D eigenvalue weighted by atomic mass is 10.0. The molecule has 0 aliphatic carbocycles. The first-order chi connectivity index (χ1) is 8.18. The predicted octanol–water partition coefficient (Wildman–Crippen LogP) is 2.05. The predicted molar refractivity (Wildman–Crippen MR) is 62.6 cm³/mol. The van der Waals surface area contributed by atoms with Crippen LogP contribution in [-0.4, -0.2) is 11.6 Å². The van der Waals surface area contributed by atoms with E-state index in [-0.39, 0.29) is 11.2 Å². The fourth-order valence-electron chi connectivity index (χ4n) is 2.33. The van der Waals surface area contributed by atoms with Crippen LogP contribution in [-0.2, 0) is 17.8 Å². The Bertz CT molecular complexity index is 660. The second-order valence-corrected chi connectivity index (χ2v) is 4.33. The van der Waals surface area contributed by atoms with Crippen molar-refractivity contribution in [3.05, 3.63) is 45.0 Å². The molecular formula is C13H12FNO2. The van der Waals surface area contributed by atoms with Crippen LogP contribution in [0.2, 0.25) is 0 Å². The monoisotopic (exact) mass is 233 g/mol. The fourth-order valence-corrected chi connectivity index (χ4v) is 2.33. The standard InChI is InChI=1S/C13H12FNO2/c1-7-2-3-9(14)12-11(7)13(16)8-6-17-5-4-10(8)15-12/h2-3H,4-6H2,1H3,(H,15,16). The molecule has 0 saturated carbocycles. The van der Waals surface area contributed by atoms with Crippen molar-refractivity contribution >= 4 is 10.9 Å². The summed E-state index contributed by atoms with van der Waals surface area (Å²) in [6.45, 7) is 2.70. The van der Waals surface area contributed by atoms with Gasteiger partial charge in [-0.1, -0.05) is 6.07 Å². The van der Waals surface area contributed by atoms with Crippen molar-refractivity contribution in [2.45, 2.75) is 20.0 Å². The lowest BCUT2D eigenvalue weighted by Gasteiger charge is -2.17. The van der Waals surface area contributed by atoms with Crippen molar-refractivity contribution in [1.29, 1.82) is 0 Å². The van der Waals surface area contributed by atoms with E-state index in [2.05, 4.69) is 4.98 Å². The van der Waals surface area contributed by atoms with Crippen molar-refractivity contribution in [1.82, 2.24) is 4.98 Å². The quantitative estimate of drug-likeness (QED) is 0.756. The van der Waals surface area contributed by atoms with Crippen LogP contribution in [0.15, 0.2) is 16.9 Å². The molecule has 1 aliphatic rings. The van der Waals surface area contributed by atoms with E-state index in [1.165, 1.54) is 6.07 Å². The summed E-state index contributed by atoms with van der Waals surface area (Å²) < 4.78 is 19.0. The number of ether oxygens (including phenoxy) is 1. The number of rotatable bonds is 0. The number of nitrogens with one attached hydrogen (secondary N) is 1. The van der Waals surface area contributed by atoms with E-state index < -0.39 is 0 Å². The largest absolute Gasteiger partial charge is 0.376 e. The number of aromatic amines is 1. The molecule has 2 aromatic rings. The molecule has 0 spiro atoms. The normalized spacial score (nSPS) is 14.9. The molecule has 1 aliphatic heterocycles. The second kappa shape index (κ2) is 3.67. The third-order valence-corrected chi connectivity index (χ3v) is 3.25. The second-order valence-electron chi connectivity index (χ2n) is 4.33. The summed E-state index contributed by atoms with van der Waals surface area (Å²) in [5.74, 6) is -0.378. The number of benzene rings is 1. The van der Waals surface area contributed by atoms with Crippen LogP contribution in [0, 0.1) is 12.7 Å². The Kier molecular flexibility index (Phi) is 2.26. The molecule has 2 heterocycles. The number of pyridine rings is 1. The van der Waals surface area contributed by atoms with Crippen LogP contribution in [0.3, 0.4) is 0 Å². The first-order valence-corrected chi connectivity index (χ1v) is 5.59. The van der Waals surface area contributed by atoms with E-state index in [0.717, 1.165) is 11.3 Å². The van der Waals surface area contributed by atoms with Crippen LogP contribution >= 0.6 is 0 Å². The van der Waals surface area contributed by atoms with Gasteiger partial charge < -0.3 is 9.72 Å². The molecule has 0 bridgehead atoms. The van der Waals surface area contributed by atoms with Crippen LogP contribution in [0.1, 0.15) is 16.8 Å². The Morgan fingerprint density at radius 2 is 2.24 bits per heavy atom. The van der Waals surface area contributed by atoms with Gasteiger partial charge in [-0.25, -0.2) is 4.39 Å². The van der Waals surface area contributed by atoms with E-state index in [4.69, 9.17) is 4.74 Å². The Balaban J connectivity index is 2.48. The molecule has 1 N–H and O–H groups in total. The number of fused-ring (bicyclic) bond motifs is 2. The summed E-state index contributed by atoms with van der Waals surface area (Å²) in [5.41, 5.74) is 2.44. The summed E-state index contributed by atoms with van der Waals surface area (Å²) >= 11 is 0. The molecule has 3 nitrogen and oxygen atoms in total. The minimum atomic E-state index is -0.378. The molecular weight excluding hydrogens is 221 g/mol. The number of aromatic nitrogens is 1. The summed E-state index contributed by atoms with van der Waals surface area (Å²) in [6, 6.07) is 3.02. The van der Waals surface area contributed by atoms with Gasteiger partial charge in [-0.2, -0.15) is 0 Å². The minimum Gasteiger partial charge on any atom is -0.376 e. The highest BCUT2D eigenvalue weighted by atomic mass is 19.1. The summed E-state index contributed by atoms with van der Waals surface area (Å²) in [7, 11) is 0. The smallest absolute Gasteiger partial charge is 0.195 e. The van der Waals surface area contributed by atoms with E-state index in [1.54, 1.807) is 6.07 Å². The zero-order chi connectivity index (χ0) is 12.0. The molecule has 0 saturated heterocycles. The summed E-state index contributed by atoms with van der Waals surface area (Å²) in [5, 5.41) is 0.439. The van der Waals surface area contributed by atoms with E-state index in [0.29, 0.717) is 36.1 Å². The number of hydrogen-bond acceptors (Lipinski definition) is 2. The van der Waals surface area contributed by atoms with Gasteiger partial charge in [-0.15, -0.1) is 0 Å². The minimum absolute atomic E-state index is 0.106. The zero-order valence-corrected chi connectivity index (χ0v) is 9.47. The van der Waals surface area contributed by atoms with Gasteiger partial charge in [-0.3, -0.25) is 4.79 Å². The first kappa shape index (κ1) is 10.5. The van der Waals surface area contributed by atoms with Crippen LogP contribution in [0.4, 0.5) is 4.39 Å². The van der Waals surface area contributed by atoms with E-state index in [9.17, 15) is 9.18 Å². The van der Waals surface area contributed by atoms with Gasteiger partial charge >= 0.3 is 0 Å². The fraction of sp³-hybridized carbons (Fsp3) is 0.308. The lowest BCUT2D eigenvalue weighted by molar-refractivity contribution is 0.108. The molecule has 0 amide bonds. The molecule has 0 fully saturated rings. The van der Waals surface area contributed by atoms with Gasteiger partial charge in [-0.05, 0) is 18.6 Å². The highest BCUT2D eigenvalue weighted by Crippen LogP contribution is 2.21. The Morgan fingerprint density at radius 3 is 3.06 bits per heavy atom. The van der Waals surface area contributed by atoms with Crippen molar-refractivity contribution in [3.63, 3.8) is 0 Å². The summed E-state index contributed by atoms with van der Waals surface area (Å²) in [6.07, 6.45) is 0.633. The molecule has 3 rings (SSSR count). The van der Waals surface area contributed by atoms with Gasteiger partial charge in [0.25, 0.3) is 0 Å². The topological polar surface area (TPSA) is 42.1 Å². The molecule has 17 heavy (non-hydrogen) atoms. The van der Waals surface area contributed by atoms with Gasteiger partial charge in [0, 0.05) is 17.7 Å². The number of aryl methyl sites for hydroxylation is 1. The van der Waals surface area contributed by atoms with E-state index in [1.807, 2.05) is 6.92 Å². The molecule has 1 aromatic heterocycles. The Morgan fingerprint density at radius 1 is 1.41 bits per heavy atom. The zero-order valence-electron chi connectivity index (χ0n) is 9.47. The van der Waals surface area contributed by atoms with Crippen molar-refractivity contribution in [2.75, 3.05) is 6.61 Å². The van der Waals surface area contributed by atoms with Crippen molar-refractivity contribution in [2.24, 2.45) is 0 Å².